The first-order valence-corrected chi connectivity index (χ1v) is 8.04. The summed E-state index contributed by atoms with van der Waals surface area (Å²) >= 11 is 0. The van der Waals surface area contributed by atoms with E-state index >= 15 is 0 Å². The van der Waals surface area contributed by atoms with E-state index in [0.717, 1.165) is 12.8 Å². The van der Waals surface area contributed by atoms with Crippen LogP contribution in [0.15, 0.2) is 37.6 Å². The van der Waals surface area contributed by atoms with Crippen LogP contribution in [-0.2, 0) is 12.0 Å². The molecule has 0 N–H and O–H groups in total. The summed E-state index contributed by atoms with van der Waals surface area (Å²) in [4.78, 5) is 0. The van der Waals surface area contributed by atoms with Gasteiger partial charge in [0.15, 0.2) is 11.7 Å². The van der Waals surface area contributed by atoms with Crippen molar-refractivity contribution in [2.24, 2.45) is 11.3 Å². The van der Waals surface area contributed by atoms with Crippen molar-refractivity contribution in [3.05, 3.63) is 54.4 Å². The standard InChI is InChI=1S/C20H26N/c1-7-15-10-13-21-18(16(15)8-2)14(4)17(9-3)19(5)11-12-20(19,21)6/h7,10-13,17H,1,4,8-9H2,2-3,5-6H3/q+1. The lowest BCUT2D eigenvalue weighted by Crippen LogP contribution is -2.71. The highest BCUT2D eigenvalue weighted by atomic mass is 15.1. The highest BCUT2D eigenvalue weighted by Crippen LogP contribution is 2.58. The number of allylic oxidation sites excluding steroid dienone is 3. The van der Waals surface area contributed by atoms with Crippen molar-refractivity contribution >= 4 is 11.6 Å². The summed E-state index contributed by atoms with van der Waals surface area (Å²) in [5.74, 6) is 0.512. The first-order chi connectivity index (χ1) is 9.94. The van der Waals surface area contributed by atoms with Gasteiger partial charge in [0.1, 0.15) is 0 Å². The zero-order valence-electron chi connectivity index (χ0n) is 13.7. The Morgan fingerprint density at radius 3 is 2.48 bits per heavy atom. The third-order valence-corrected chi connectivity index (χ3v) is 6.05. The van der Waals surface area contributed by atoms with E-state index in [1.165, 1.54) is 22.4 Å². The van der Waals surface area contributed by atoms with Gasteiger partial charge in [-0.1, -0.05) is 39.2 Å². The lowest BCUT2D eigenvalue weighted by atomic mass is 9.52. The third kappa shape index (κ3) is 1.50. The maximum Gasteiger partial charge on any atom is 0.212 e. The average molecular weight is 280 g/mol. The molecule has 0 fully saturated rings. The molecular weight excluding hydrogens is 254 g/mol. The summed E-state index contributed by atoms with van der Waals surface area (Å²) in [6, 6.07) is 2.20. The van der Waals surface area contributed by atoms with Crippen molar-refractivity contribution in [1.29, 1.82) is 0 Å². The summed E-state index contributed by atoms with van der Waals surface area (Å²) in [5.41, 5.74) is 5.51. The van der Waals surface area contributed by atoms with Gasteiger partial charge in [0, 0.05) is 30.0 Å². The average Bonchev–Trinajstić information content (AvgIpc) is 2.50. The zero-order chi connectivity index (χ0) is 15.4. The molecule has 2 heterocycles. The van der Waals surface area contributed by atoms with E-state index in [0.29, 0.717) is 5.92 Å². The number of fused-ring (bicyclic) bond motifs is 3. The predicted octanol–water partition coefficient (Wildman–Crippen LogP) is 4.52. The van der Waals surface area contributed by atoms with Crippen molar-refractivity contribution in [3.8, 4) is 0 Å². The normalized spacial score (nSPS) is 33.1. The molecular formula is C20H26N+. The maximum atomic E-state index is 4.50. The molecule has 1 aliphatic carbocycles. The Kier molecular flexibility index (Phi) is 3.02. The van der Waals surface area contributed by atoms with E-state index in [1.807, 2.05) is 6.08 Å². The Balaban J connectivity index is 2.35. The second-order valence-corrected chi connectivity index (χ2v) is 6.78. The van der Waals surface area contributed by atoms with Crippen LogP contribution >= 0.6 is 0 Å². The van der Waals surface area contributed by atoms with Gasteiger partial charge in [-0.3, -0.25) is 0 Å². The van der Waals surface area contributed by atoms with Crippen LogP contribution in [0.3, 0.4) is 0 Å². The van der Waals surface area contributed by atoms with E-state index < -0.39 is 0 Å². The van der Waals surface area contributed by atoms with Gasteiger partial charge in [0.2, 0.25) is 5.69 Å². The Morgan fingerprint density at radius 1 is 1.29 bits per heavy atom. The van der Waals surface area contributed by atoms with Crippen LogP contribution in [0.4, 0.5) is 0 Å². The van der Waals surface area contributed by atoms with Crippen molar-refractivity contribution in [1.82, 2.24) is 0 Å². The molecule has 3 unspecified atom stereocenters. The minimum atomic E-state index is 0.0633. The van der Waals surface area contributed by atoms with Gasteiger partial charge in [0.25, 0.3) is 0 Å². The second-order valence-electron chi connectivity index (χ2n) is 6.78. The molecule has 1 aromatic rings. The fraction of sp³-hybridized carbons (Fsp3) is 0.450. The topological polar surface area (TPSA) is 3.88 Å². The molecule has 3 rings (SSSR count). The van der Waals surface area contributed by atoms with Crippen molar-refractivity contribution in [2.75, 3.05) is 0 Å². The molecule has 0 bridgehead atoms. The first-order valence-electron chi connectivity index (χ1n) is 8.04. The molecule has 0 saturated carbocycles. The fourth-order valence-corrected chi connectivity index (χ4v) is 4.50. The second kappa shape index (κ2) is 4.43. The Morgan fingerprint density at radius 2 is 2.00 bits per heavy atom. The smallest absolute Gasteiger partial charge is 0.189 e. The fourth-order valence-electron chi connectivity index (χ4n) is 4.50. The van der Waals surface area contributed by atoms with Crippen LogP contribution in [-0.4, -0.2) is 0 Å². The Labute approximate surface area is 128 Å². The van der Waals surface area contributed by atoms with Crippen molar-refractivity contribution < 1.29 is 4.57 Å². The molecule has 110 valence electrons. The summed E-state index contributed by atoms with van der Waals surface area (Å²) in [5, 5.41) is 0. The molecule has 0 spiro atoms. The monoisotopic (exact) mass is 280 g/mol. The van der Waals surface area contributed by atoms with E-state index in [1.54, 1.807) is 0 Å². The van der Waals surface area contributed by atoms with Crippen LogP contribution in [0.2, 0.25) is 0 Å². The Hall–Kier alpha value is -1.63. The highest BCUT2D eigenvalue weighted by Gasteiger charge is 2.63. The van der Waals surface area contributed by atoms with Gasteiger partial charge >= 0.3 is 0 Å². The van der Waals surface area contributed by atoms with Gasteiger partial charge < -0.3 is 0 Å². The van der Waals surface area contributed by atoms with E-state index in [4.69, 9.17) is 0 Å². The number of nitrogens with zero attached hydrogens (tertiary/aromatic N) is 1. The molecule has 1 aliphatic heterocycles. The molecule has 0 amide bonds. The molecule has 2 aliphatic rings. The number of hydrogen-bond donors (Lipinski definition) is 0. The molecule has 0 radical (unpaired) electrons. The van der Waals surface area contributed by atoms with Gasteiger partial charge in [-0.2, -0.15) is 4.57 Å². The largest absolute Gasteiger partial charge is 0.212 e. The summed E-state index contributed by atoms with van der Waals surface area (Å²) in [6.07, 6.45) is 11.1. The zero-order valence-corrected chi connectivity index (χ0v) is 13.7. The van der Waals surface area contributed by atoms with Gasteiger partial charge in [0.05, 0.1) is 5.41 Å². The van der Waals surface area contributed by atoms with Crippen LogP contribution < -0.4 is 4.57 Å². The molecule has 1 nitrogen and oxygen atoms in total. The van der Waals surface area contributed by atoms with Crippen LogP contribution in [0.1, 0.15) is 50.9 Å². The van der Waals surface area contributed by atoms with Crippen molar-refractivity contribution in [2.45, 2.75) is 46.1 Å². The van der Waals surface area contributed by atoms with E-state index in [-0.39, 0.29) is 11.0 Å². The third-order valence-electron chi connectivity index (χ3n) is 6.05. The first kappa shape index (κ1) is 14.3. The van der Waals surface area contributed by atoms with Crippen molar-refractivity contribution in [3.63, 3.8) is 0 Å². The maximum absolute atomic E-state index is 4.50. The van der Waals surface area contributed by atoms with Gasteiger partial charge in [-0.15, -0.1) is 0 Å². The molecule has 21 heavy (non-hydrogen) atoms. The summed E-state index contributed by atoms with van der Waals surface area (Å²) < 4.78 is 2.45. The molecule has 1 aromatic heterocycles. The minimum absolute atomic E-state index is 0.0633. The SMILES string of the molecule is C=Cc1cc[n+]2c(c1CC)C(=C)C(CC)C1(C)C=CC21C. The van der Waals surface area contributed by atoms with E-state index in [9.17, 15) is 0 Å². The van der Waals surface area contributed by atoms with E-state index in [2.05, 4.69) is 69.8 Å². The minimum Gasteiger partial charge on any atom is -0.189 e. The number of rotatable bonds is 3. The van der Waals surface area contributed by atoms with Crippen LogP contribution in [0.25, 0.3) is 11.6 Å². The number of pyridine rings is 1. The Bertz CT molecular complexity index is 667. The molecule has 0 saturated heterocycles. The lowest BCUT2D eigenvalue weighted by Gasteiger charge is -2.53. The number of hydrogen-bond acceptors (Lipinski definition) is 0. The molecule has 0 aromatic carbocycles. The predicted molar refractivity (Wildman–Crippen MR) is 89.8 cm³/mol. The lowest BCUT2D eigenvalue weighted by molar-refractivity contribution is -0.774. The number of aromatic nitrogens is 1. The molecule has 1 heteroatoms. The summed E-state index contributed by atoms with van der Waals surface area (Å²) in [7, 11) is 0. The summed E-state index contributed by atoms with van der Waals surface area (Å²) in [6.45, 7) is 17.7. The van der Waals surface area contributed by atoms with Crippen LogP contribution in [0, 0.1) is 11.3 Å². The highest BCUT2D eigenvalue weighted by molar-refractivity contribution is 5.70. The quantitative estimate of drug-likeness (QED) is 0.566. The van der Waals surface area contributed by atoms with Gasteiger partial charge in [-0.25, -0.2) is 0 Å². The molecule has 3 atom stereocenters. The van der Waals surface area contributed by atoms with Crippen LogP contribution in [0.5, 0.6) is 0 Å². The van der Waals surface area contributed by atoms with Gasteiger partial charge in [-0.05, 0) is 31.4 Å².